The highest BCUT2D eigenvalue weighted by atomic mass is 16.2. The van der Waals surface area contributed by atoms with E-state index in [1.807, 2.05) is 0 Å². The maximum Gasteiger partial charge on any atom is 0.241 e. The number of carbonyl (C=O) groups is 1. The zero-order valence-corrected chi connectivity index (χ0v) is 14.0. The van der Waals surface area contributed by atoms with Crippen LogP contribution in [0.25, 0.3) is 0 Å². The second-order valence-electron chi connectivity index (χ2n) is 8.05. The molecule has 3 heteroatoms. The second-order valence-corrected chi connectivity index (χ2v) is 8.05. The summed E-state index contributed by atoms with van der Waals surface area (Å²) in [6, 6.07) is 0.538. The quantitative estimate of drug-likeness (QED) is 0.863. The highest BCUT2D eigenvalue weighted by Crippen LogP contribution is 2.37. The molecule has 4 atom stereocenters. The molecule has 4 unspecified atom stereocenters. The zero-order valence-electron chi connectivity index (χ0n) is 14.0. The van der Waals surface area contributed by atoms with Crippen molar-refractivity contribution in [1.82, 2.24) is 10.2 Å². The molecule has 2 aliphatic carbocycles. The second kappa shape index (κ2) is 6.28. The minimum absolute atomic E-state index is 0.0489. The monoisotopic (exact) mass is 292 g/mol. The lowest BCUT2D eigenvalue weighted by molar-refractivity contribution is -0.134. The molecule has 0 bridgehead atoms. The van der Waals surface area contributed by atoms with Gasteiger partial charge in [-0.2, -0.15) is 0 Å². The molecule has 1 N–H and O–H groups in total. The molecule has 3 aliphatic rings. The van der Waals surface area contributed by atoms with Crippen molar-refractivity contribution >= 4 is 5.91 Å². The largest absolute Gasteiger partial charge is 0.323 e. The Morgan fingerprint density at radius 3 is 2.43 bits per heavy atom. The van der Waals surface area contributed by atoms with E-state index >= 15 is 0 Å². The van der Waals surface area contributed by atoms with Crippen LogP contribution < -0.4 is 5.32 Å². The topological polar surface area (TPSA) is 32.3 Å². The Morgan fingerprint density at radius 2 is 1.81 bits per heavy atom. The average Bonchev–Trinajstić information content (AvgIpc) is 3.05. The van der Waals surface area contributed by atoms with E-state index in [4.69, 9.17) is 0 Å². The maximum absolute atomic E-state index is 13.0. The van der Waals surface area contributed by atoms with Gasteiger partial charge in [-0.3, -0.25) is 10.1 Å². The van der Waals surface area contributed by atoms with Crippen molar-refractivity contribution in [3.8, 4) is 0 Å². The van der Waals surface area contributed by atoms with Gasteiger partial charge in [0.1, 0.15) is 0 Å². The van der Waals surface area contributed by atoms with Gasteiger partial charge in [-0.1, -0.05) is 46.5 Å². The maximum atomic E-state index is 13.0. The Labute approximate surface area is 129 Å². The number of hydrogen-bond donors (Lipinski definition) is 1. The fraction of sp³-hybridized carbons (Fsp3) is 0.944. The van der Waals surface area contributed by atoms with Crippen LogP contribution in [0.5, 0.6) is 0 Å². The first kappa shape index (κ1) is 15.3. The summed E-state index contributed by atoms with van der Waals surface area (Å²) < 4.78 is 0. The molecule has 3 fully saturated rings. The number of rotatable bonds is 3. The standard InChI is InChI=1S/C18H32N2O/c1-12(2)16-18(21)20(15-10-6-7-13(3)11-15)17(19-16)14-8-4-5-9-14/h12-17,19H,4-11H2,1-3H3. The van der Waals surface area contributed by atoms with Crippen LogP contribution in [0.15, 0.2) is 0 Å². The van der Waals surface area contributed by atoms with Gasteiger partial charge in [-0.25, -0.2) is 0 Å². The van der Waals surface area contributed by atoms with Gasteiger partial charge in [-0.15, -0.1) is 0 Å². The first-order valence-electron chi connectivity index (χ1n) is 9.16. The van der Waals surface area contributed by atoms with Crippen molar-refractivity contribution in [1.29, 1.82) is 0 Å². The van der Waals surface area contributed by atoms with E-state index in [0.717, 1.165) is 5.92 Å². The summed E-state index contributed by atoms with van der Waals surface area (Å²) in [5.74, 6) is 2.25. The molecule has 0 radical (unpaired) electrons. The predicted octanol–water partition coefficient (Wildman–Crippen LogP) is 3.54. The lowest BCUT2D eigenvalue weighted by Crippen LogP contribution is -2.49. The molecule has 2 saturated carbocycles. The van der Waals surface area contributed by atoms with Gasteiger partial charge in [0, 0.05) is 6.04 Å². The smallest absolute Gasteiger partial charge is 0.241 e. The summed E-state index contributed by atoms with van der Waals surface area (Å²) in [5.41, 5.74) is 0. The van der Waals surface area contributed by atoms with Crippen LogP contribution in [0.1, 0.15) is 72.1 Å². The molecule has 21 heavy (non-hydrogen) atoms. The molecule has 0 aromatic rings. The summed E-state index contributed by atoms with van der Waals surface area (Å²) in [4.78, 5) is 15.3. The Balaban J connectivity index is 1.80. The molecule has 3 rings (SSSR count). The fourth-order valence-electron chi connectivity index (χ4n) is 4.81. The zero-order chi connectivity index (χ0) is 15.0. The van der Waals surface area contributed by atoms with E-state index in [0.29, 0.717) is 30.0 Å². The SMILES string of the molecule is CC1CCCC(N2C(=O)C(C(C)C)NC2C2CCCC2)C1. The average molecular weight is 292 g/mol. The van der Waals surface area contributed by atoms with Crippen molar-refractivity contribution in [3.05, 3.63) is 0 Å². The molecule has 1 amide bonds. The van der Waals surface area contributed by atoms with E-state index < -0.39 is 0 Å². The molecule has 120 valence electrons. The highest BCUT2D eigenvalue weighted by molar-refractivity contribution is 5.85. The van der Waals surface area contributed by atoms with Gasteiger partial charge in [0.25, 0.3) is 0 Å². The third-order valence-corrected chi connectivity index (χ3v) is 5.99. The van der Waals surface area contributed by atoms with Crippen molar-refractivity contribution in [2.75, 3.05) is 0 Å². The highest BCUT2D eigenvalue weighted by Gasteiger charge is 2.47. The van der Waals surface area contributed by atoms with Crippen LogP contribution in [0, 0.1) is 17.8 Å². The van der Waals surface area contributed by atoms with E-state index in [-0.39, 0.29) is 6.04 Å². The Kier molecular flexibility index (Phi) is 4.58. The molecule has 0 aromatic heterocycles. The molecule has 1 saturated heterocycles. The van der Waals surface area contributed by atoms with Gasteiger partial charge in [0.05, 0.1) is 12.2 Å². The molecule has 0 spiro atoms. The van der Waals surface area contributed by atoms with Gasteiger partial charge in [-0.05, 0) is 43.4 Å². The molecular formula is C18H32N2O. The Bertz CT molecular complexity index is 375. The molecule has 0 aromatic carbocycles. The fourth-order valence-corrected chi connectivity index (χ4v) is 4.81. The minimum Gasteiger partial charge on any atom is -0.323 e. The number of nitrogens with zero attached hydrogens (tertiary/aromatic N) is 1. The van der Waals surface area contributed by atoms with E-state index in [2.05, 4.69) is 31.0 Å². The van der Waals surface area contributed by atoms with Gasteiger partial charge < -0.3 is 4.90 Å². The van der Waals surface area contributed by atoms with Crippen LogP contribution >= 0.6 is 0 Å². The van der Waals surface area contributed by atoms with Gasteiger partial charge in [0.15, 0.2) is 0 Å². The van der Waals surface area contributed by atoms with E-state index in [1.165, 1.54) is 51.4 Å². The lowest BCUT2D eigenvalue weighted by Gasteiger charge is -2.39. The Morgan fingerprint density at radius 1 is 1.10 bits per heavy atom. The van der Waals surface area contributed by atoms with Crippen LogP contribution in [0.2, 0.25) is 0 Å². The summed E-state index contributed by atoms with van der Waals surface area (Å²) in [7, 11) is 0. The normalized spacial score (nSPS) is 38.7. The van der Waals surface area contributed by atoms with Crippen molar-refractivity contribution in [2.24, 2.45) is 17.8 Å². The molecule has 3 nitrogen and oxygen atoms in total. The first-order valence-corrected chi connectivity index (χ1v) is 9.16. The Hall–Kier alpha value is -0.570. The first-order chi connectivity index (χ1) is 10.1. The molecular weight excluding hydrogens is 260 g/mol. The summed E-state index contributed by atoms with van der Waals surface area (Å²) in [6.07, 6.45) is 10.7. The number of hydrogen-bond acceptors (Lipinski definition) is 2. The van der Waals surface area contributed by atoms with Crippen molar-refractivity contribution < 1.29 is 4.79 Å². The van der Waals surface area contributed by atoms with Crippen LogP contribution in [-0.2, 0) is 4.79 Å². The van der Waals surface area contributed by atoms with Crippen LogP contribution in [0.3, 0.4) is 0 Å². The third kappa shape index (κ3) is 2.99. The minimum atomic E-state index is 0.0489. The van der Waals surface area contributed by atoms with Crippen molar-refractivity contribution in [2.45, 2.75) is 90.4 Å². The molecule has 1 aliphatic heterocycles. The van der Waals surface area contributed by atoms with Crippen molar-refractivity contribution in [3.63, 3.8) is 0 Å². The van der Waals surface area contributed by atoms with E-state index in [9.17, 15) is 4.79 Å². The summed E-state index contributed by atoms with van der Waals surface area (Å²) >= 11 is 0. The van der Waals surface area contributed by atoms with Gasteiger partial charge in [0.2, 0.25) is 5.91 Å². The summed E-state index contributed by atoms with van der Waals surface area (Å²) in [6.45, 7) is 6.70. The van der Waals surface area contributed by atoms with E-state index in [1.54, 1.807) is 0 Å². The van der Waals surface area contributed by atoms with Crippen LogP contribution in [0.4, 0.5) is 0 Å². The molecule has 1 heterocycles. The number of amides is 1. The number of carbonyl (C=O) groups excluding carboxylic acids is 1. The predicted molar refractivity (Wildman–Crippen MR) is 85.8 cm³/mol. The summed E-state index contributed by atoms with van der Waals surface area (Å²) in [5, 5.41) is 3.72. The number of nitrogens with one attached hydrogen (secondary N) is 1. The van der Waals surface area contributed by atoms with Gasteiger partial charge >= 0.3 is 0 Å². The lowest BCUT2D eigenvalue weighted by atomic mass is 9.85. The third-order valence-electron chi connectivity index (χ3n) is 5.99. The van der Waals surface area contributed by atoms with Crippen LogP contribution in [-0.4, -0.2) is 29.1 Å².